The van der Waals surface area contributed by atoms with Crippen LogP contribution in [-0.4, -0.2) is 18.4 Å². The second kappa shape index (κ2) is 7.15. The highest BCUT2D eigenvalue weighted by molar-refractivity contribution is 6.00. The van der Waals surface area contributed by atoms with Crippen LogP contribution < -0.4 is 10.2 Å². The van der Waals surface area contributed by atoms with E-state index in [9.17, 15) is 9.59 Å². The van der Waals surface area contributed by atoms with E-state index in [-0.39, 0.29) is 11.8 Å². The molecule has 1 fully saturated rings. The molecule has 0 spiro atoms. The quantitative estimate of drug-likeness (QED) is 0.733. The zero-order valence-electron chi connectivity index (χ0n) is 16.5. The first kappa shape index (κ1) is 18.3. The van der Waals surface area contributed by atoms with Gasteiger partial charge < -0.3 is 14.6 Å². The van der Waals surface area contributed by atoms with Gasteiger partial charge in [0.15, 0.2) is 5.76 Å². The third kappa shape index (κ3) is 3.17. The fraction of sp³-hybridized carbons (Fsp3) is 0.304. The lowest BCUT2D eigenvalue weighted by Crippen LogP contribution is -2.24. The lowest BCUT2D eigenvalue weighted by molar-refractivity contribution is -0.117. The third-order valence-electron chi connectivity index (χ3n) is 5.46. The van der Waals surface area contributed by atoms with Crippen LogP contribution in [0.3, 0.4) is 0 Å². The van der Waals surface area contributed by atoms with Crippen LogP contribution in [0.5, 0.6) is 0 Å². The van der Waals surface area contributed by atoms with Gasteiger partial charge in [-0.25, -0.2) is 0 Å². The number of furan rings is 1. The molecule has 2 heterocycles. The van der Waals surface area contributed by atoms with Crippen LogP contribution >= 0.6 is 0 Å². The molecular formula is C23H24N2O3. The molecule has 2 amide bonds. The standard InChI is InChI=1S/C23H24N2O3/c1-14-6-7-15(2)21-20(14)16(3)22(28-21)23(27)24-13-17-8-10-18(11-9-17)25-12-4-5-19(25)26/h6-11H,4-5,12-13H2,1-3H3,(H,24,27). The number of rotatable bonds is 4. The highest BCUT2D eigenvalue weighted by Gasteiger charge is 2.22. The van der Waals surface area contributed by atoms with E-state index >= 15 is 0 Å². The highest BCUT2D eigenvalue weighted by Crippen LogP contribution is 2.30. The first-order valence-electron chi connectivity index (χ1n) is 9.62. The lowest BCUT2D eigenvalue weighted by Gasteiger charge is -2.16. The van der Waals surface area contributed by atoms with Crippen molar-refractivity contribution in [1.82, 2.24) is 5.32 Å². The van der Waals surface area contributed by atoms with Gasteiger partial charge in [0.05, 0.1) is 0 Å². The summed E-state index contributed by atoms with van der Waals surface area (Å²) in [6, 6.07) is 11.8. The van der Waals surface area contributed by atoms with Crippen molar-refractivity contribution >= 4 is 28.5 Å². The number of fused-ring (bicyclic) bond motifs is 1. The Morgan fingerprint density at radius 1 is 1.07 bits per heavy atom. The van der Waals surface area contributed by atoms with E-state index in [4.69, 9.17) is 4.42 Å². The maximum absolute atomic E-state index is 12.7. The van der Waals surface area contributed by atoms with Gasteiger partial charge in [-0.1, -0.05) is 24.3 Å². The fourth-order valence-corrected chi connectivity index (χ4v) is 3.87. The molecule has 144 valence electrons. The van der Waals surface area contributed by atoms with Crippen molar-refractivity contribution in [3.63, 3.8) is 0 Å². The van der Waals surface area contributed by atoms with Crippen molar-refractivity contribution < 1.29 is 14.0 Å². The van der Waals surface area contributed by atoms with E-state index in [2.05, 4.69) is 11.4 Å². The fourth-order valence-electron chi connectivity index (χ4n) is 3.87. The van der Waals surface area contributed by atoms with Crippen LogP contribution in [0.25, 0.3) is 11.0 Å². The largest absolute Gasteiger partial charge is 0.450 e. The third-order valence-corrected chi connectivity index (χ3v) is 5.46. The summed E-state index contributed by atoms with van der Waals surface area (Å²) in [5.74, 6) is 0.324. The van der Waals surface area contributed by atoms with E-state index < -0.39 is 0 Å². The van der Waals surface area contributed by atoms with Crippen LogP contribution in [0.1, 0.15) is 45.7 Å². The molecule has 0 saturated carbocycles. The van der Waals surface area contributed by atoms with Crippen molar-refractivity contribution in [2.75, 3.05) is 11.4 Å². The summed E-state index contributed by atoms with van der Waals surface area (Å²) in [5, 5.41) is 3.96. The Bertz CT molecular complexity index is 1060. The molecule has 4 rings (SSSR count). The average Bonchev–Trinajstić information content (AvgIpc) is 3.27. The number of hydrogen-bond acceptors (Lipinski definition) is 3. The Kier molecular flexibility index (Phi) is 4.67. The summed E-state index contributed by atoms with van der Waals surface area (Å²) in [5.41, 5.74) is 5.67. The van der Waals surface area contributed by atoms with Crippen LogP contribution in [0.4, 0.5) is 5.69 Å². The van der Waals surface area contributed by atoms with Crippen molar-refractivity contribution in [3.8, 4) is 0 Å². The van der Waals surface area contributed by atoms with Gasteiger partial charge in [-0.15, -0.1) is 0 Å². The summed E-state index contributed by atoms with van der Waals surface area (Å²) in [7, 11) is 0. The molecule has 0 atom stereocenters. The molecule has 3 aromatic rings. The zero-order chi connectivity index (χ0) is 19.8. The van der Waals surface area contributed by atoms with Gasteiger partial charge in [0, 0.05) is 36.1 Å². The topological polar surface area (TPSA) is 62.6 Å². The highest BCUT2D eigenvalue weighted by atomic mass is 16.3. The summed E-state index contributed by atoms with van der Waals surface area (Å²) in [6.45, 7) is 7.12. The summed E-state index contributed by atoms with van der Waals surface area (Å²) < 4.78 is 5.90. The van der Waals surface area contributed by atoms with Crippen molar-refractivity contribution in [2.45, 2.75) is 40.2 Å². The van der Waals surface area contributed by atoms with Gasteiger partial charge in [-0.3, -0.25) is 9.59 Å². The van der Waals surface area contributed by atoms with Gasteiger partial charge >= 0.3 is 0 Å². The number of hydrogen-bond donors (Lipinski definition) is 1. The Hall–Kier alpha value is -3.08. The van der Waals surface area contributed by atoms with Gasteiger partial charge in [-0.05, 0) is 56.0 Å². The van der Waals surface area contributed by atoms with Crippen LogP contribution in [0.2, 0.25) is 0 Å². The maximum atomic E-state index is 12.7. The lowest BCUT2D eigenvalue weighted by atomic mass is 10.0. The molecule has 2 aromatic carbocycles. The molecule has 1 saturated heterocycles. The predicted octanol–water partition coefficient (Wildman–Crippen LogP) is 4.41. The van der Waals surface area contributed by atoms with E-state index in [1.165, 1.54) is 0 Å². The number of aryl methyl sites for hydroxylation is 3. The number of nitrogens with one attached hydrogen (secondary N) is 1. The predicted molar refractivity (Wildman–Crippen MR) is 110 cm³/mol. The minimum atomic E-state index is -0.216. The average molecular weight is 376 g/mol. The van der Waals surface area contributed by atoms with Gasteiger partial charge in [0.25, 0.3) is 5.91 Å². The molecule has 5 heteroatoms. The molecule has 0 unspecified atom stereocenters. The Morgan fingerprint density at radius 3 is 2.43 bits per heavy atom. The summed E-state index contributed by atoms with van der Waals surface area (Å²) in [6.07, 6.45) is 1.53. The summed E-state index contributed by atoms with van der Waals surface area (Å²) in [4.78, 5) is 26.3. The Labute approximate surface area is 164 Å². The van der Waals surface area contributed by atoms with E-state index in [1.54, 1.807) is 0 Å². The van der Waals surface area contributed by atoms with E-state index in [0.717, 1.165) is 51.9 Å². The molecule has 1 aromatic heterocycles. The van der Waals surface area contributed by atoms with Crippen molar-refractivity contribution in [3.05, 3.63) is 64.4 Å². The molecule has 1 N–H and O–H groups in total. The van der Waals surface area contributed by atoms with Crippen molar-refractivity contribution in [1.29, 1.82) is 0 Å². The molecule has 28 heavy (non-hydrogen) atoms. The minimum Gasteiger partial charge on any atom is -0.450 e. The van der Waals surface area contributed by atoms with Crippen LogP contribution in [0, 0.1) is 20.8 Å². The molecule has 0 aliphatic carbocycles. The van der Waals surface area contributed by atoms with E-state index in [0.29, 0.717) is 18.7 Å². The number of amides is 2. The number of benzene rings is 2. The second-order valence-electron chi connectivity index (χ2n) is 7.46. The number of anilines is 1. The van der Waals surface area contributed by atoms with E-state index in [1.807, 2.05) is 56.0 Å². The van der Waals surface area contributed by atoms with Crippen molar-refractivity contribution in [2.24, 2.45) is 0 Å². The molecule has 0 radical (unpaired) electrons. The number of carbonyl (C=O) groups excluding carboxylic acids is 2. The Balaban J connectivity index is 1.48. The minimum absolute atomic E-state index is 0.173. The second-order valence-corrected chi connectivity index (χ2v) is 7.46. The molecule has 1 aliphatic rings. The van der Waals surface area contributed by atoms with Gasteiger partial charge in [0.1, 0.15) is 5.58 Å². The number of nitrogens with zero attached hydrogens (tertiary/aromatic N) is 1. The number of carbonyl (C=O) groups is 2. The van der Waals surface area contributed by atoms with Crippen LogP contribution in [-0.2, 0) is 11.3 Å². The molecular weight excluding hydrogens is 352 g/mol. The monoisotopic (exact) mass is 376 g/mol. The normalized spacial score (nSPS) is 14.1. The molecule has 0 bridgehead atoms. The Morgan fingerprint density at radius 2 is 1.79 bits per heavy atom. The SMILES string of the molecule is Cc1ccc(C)c2c(C)c(C(=O)NCc3ccc(N4CCCC4=O)cc3)oc12. The smallest absolute Gasteiger partial charge is 0.287 e. The zero-order valence-corrected chi connectivity index (χ0v) is 16.5. The molecule has 1 aliphatic heterocycles. The first-order valence-corrected chi connectivity index (χ1v) is 9.62. The van der Waals surface area contributed by atoms with Gasteiger partial charge in [-0.2, -0.15) is 0 Å². The summed E-state index contributed by atoms with van der Waals surface area (Å²) >= 11 is 0. The van der Waals surface area contributed by atoms with Crippen LogP contribution in [0.15, 0.2) is 40.8 Å². The first-order chi connectivity index (χ1) is 13.5. The molecule has 5 nitrogen and oxygen atoms in total. The maximum Gasteiger partial charge on any atom is 0.287 e. The van der Waals surface area contributed by atoms with Gasteiger partial charge in [0.2, 0.25) is 5.91 Å².